The fourth-order valence-electron chi connectivity index (χ4n) is 3.77. The molecule has 0 aromatic heterocycles. The summed E-state index contributed by atoms with van der Waals surface area (Å²) in [5.41, 5.74) is 3.96. The summed E-state index contributed by atoms with van der Waals surface area (Å²) >= 11 is 0. The highest BCUT2D eigenvalue weighted by atomic mass is 16.3. The van der Waals surface area contributed by atoms with Crippen molar-refractivity contribution >= 4 is 17.5 Å². The van der Waals surface area contributed by atoms with E-state index in [2.05, 4.69) is 0 Å². The van der Waals surface area contributed by atoms with Crippen molar-refractivity contribution in [1.82, 2.24) is 9.80 Å². The summed E-state index contributed by atoms with van der Waals surface area (Å²) in [5, 5.41) is 20.2. The minimum Gasteiger partial charge on any atom is -0.508 e. The fourth-order valence-corrected chi connectivity index (χ4v) is 3.77. The second-order valence-electron chi connectivity index (χ2n) is 8.18. The summed E-state index contributed by atoms with van der Waals surface area (Å²) in [6, 6.07) is 6.90. The molecule has 7 nitrogen and oxygen atoms in total. The third-order valence-electron chi connectivity index (χ3n) is 5.73. The van der Waals surface area contributed by atoms with Crippen molar-refractivity contribution in [1.29, 1.82) is 0 Å². The molecular formula is C24H29N3O4. The van der Waals surface area contributed by atoms with E-state index in [4.69, 9.17) is 0 Å². The molecule has 31 heavy (non-hydrogen) atoms. The van der Waals surface area contributed by atoms with E-state index in [9.17, 15) is 19.8 Å². The molecule has 0 saturated heterocycles. The number of phenols is 2. The van der Waals surface area contributed by atoms with Gasteiger partial charge in [-0.05, 0) is 50.7 Å². The molecule has 0 spiro atoms. The van der Waals surface area contributed by atoms with Crippen molar-refractivity contribution in [3.8, 4) is 11.5 Å². The number of carbonyl (C=O) groups is 2. The van der Waals surface area contributed by atoms with Crippen molar-refractivity contribution in [3.05, 3.63) is 64.2 Å². The van der Waals surface area contributed by atoms with E-state index in [1.165, 1.54) is 6.07 Å². The third-order valence-corrected chi connectivity index (χ3v) is 5.73. The standard InChI is InChI=1S/C24H29N3O4/c1-15-16(2)23(21(29)12-20(15)28)24(31)27-13-17-8-6-9-19(18(17)14-27)26(5)22(30)10-7-11-25(3)4/h6-10,12,28-29H,11,13-14H2,1-5H3/b10-7+. The lowest BCUT2D eigenvalue weighted by Crippen LogP contribution is -2.28. The van der Waals surface area contributed by atoms with Crippen molar-refractivity contribution in [2.75, 3.05) is 32.6 Å². The Kier molecular flexibility index (Phi) is 6.36. The van der Waals surface area contributed by atoms with Gasteiger partial charge in [-0.15, -0.1) is 0 Å². The Morgan fingerprint density at radius 1 is 1.06 bits per heavy atom. The van der Waals surface area contributed by atoms with Crippen molar-refractivity contribution in [2.24, 2.45) is 0 Å². The molecule has 0 fully saturated rings. The van der Waals surface area contributed by atoms with Gasteiger partial charge in [0.15, 0.2) is 0 Å². The maximum absolute atomic E-state index is 13.2. The zero-order valence-electron chi connectivity index (χ0n) is 18.6. The average molecular weight is 424 g/mol. The summed E-state index contributed by atoms with van der Waals surface area (Å²) in [5.74, 6) is -0.719. The Hall–Kier alpha value is -3.32. The van der Waals surface area contributed by atoms with Gasteiger partial charge < -0.3 is 24.9 Å². The molecule has 0 unspecified atom stereocenters. The molecule has 2 N–H and O–H groups in total. The molecule has 0 atom stereocenters. The number of nitrogens with zero attached hydrogens (tertiary/aromatic N) is 3. The summed E-state index contributed by atoms with van der Waals surface area (Å²) in [4.78, 5) is 31.0. The van der Waals surface area contributed by atoms with E-state index in [1.807, 2.05) is 43.3 Å². The van der Waals surface area contributed by atoms with Crippen LogP contribution in [0, 0.1) is 13.8 Å². The van der Waals surface area contributed by atoms with Gasteiger partial charge in [0.05, 0.1) is 5.56 Å². The molecule has 1 heterocycles. The van der Waals surface area contributed by atoms with E-state index >= 15 is 0 Å². The normalized spacial score (nSPS) is 13.2. The Labute approximate surface area is 182 Å². The largest absolute Gasteiger partial charge is 0.508 e. The number of hydrogen-bond donors (Lipinski definition) is 2. The maximum atomic E-state index is 13.2. The average Bonchev–Trinajstić information content (AvgIpc) is 3.15. The molecule has 1 aliphatic rings. The van der Waals surface area contributed by atoms with Gasteiger partial charge >= 0.3 is 0 Å². The molecular weight excluding hydrogens is 394 g/mol. The quantitative estimate of drug-likeness (QED) is 0.723. The monoisotopic (exact) mass is 423 g/mol. The van der Waals surface area contributed by atoms with Crippen LogP contribution >= 0.6 is 0 Å². The first kappa shape index (κ1) is 22.4. The van der Waals surface area contributed by atoms with Gasteiger partial charge in [-0.2, -0.15) is 0 Å². The summed E-state index contributed by atoms with van der Waals surface area (Å²) < 4.78 is 0. The summed E-state index contributed by atoms with van der Waals surface area (Å²) in [6.45, 7) is 4.82. The lowest BCUT2D eigenvalue weighted by atomic mass is 10.00. The van der Waals surface area contributed by atoms with Gasteiger partial charge in [0.25, 0.3) is 5.91 Å². The van der Waals surface area contributed by atoms with E-state index in [1.54, 1.807) is 36.8 Å². The van der Waals surface area contributed by atoms with Crippen LogP contribution < -0.4 is 4.90 Å². The lowest BCUT2D eigenvalue weighted by Gasteiger charge is -2.21. The molecule has 3 rings (SSSR count). The molecule has 2 aromatic rings. The SMILES string of the molecule is Cc1c(O)cc(O)c(C(=O)N2Cc3cccc(N(C)C(=O)/C=C/CN(C)C)c3C2)c1C. The summed E-state index contributed by atoms with van der Waals surface area (Å²) in [6.07, 6.45) is 3.37. The van der Waals surface area contributed by atoms with Crippen LogP contribution in [0.4, 0.5) is 5.69 Å². The molecule has 2 amide bonds. The van der Waals surface area contributed by atoms with Crippen LogP contribution in [0.15, 0.2) is 36.4 Å². The first-order valence-corrected chi connectivity index (χ1v) is 10.1. The number of phenolic OH excluding ortho intramolecular Hbond substituents is 2. The zero-order chi connectivity index (χ0) is 22.9. The van der Waals surface area contributed by atoms with Crippen LogP contribution in [-0.4, -0.2) is 59.5 Å². The van der Waals surface area contributed by atoms with Crippen LogP contribution in [0.2, 0.25) is 0 Å². The van der Waals surface area contributed by atoms with E-state index in [0.717, 1.165) is 16.8 Å². The van der Waals surface area contributed by atoms with Crippen LogP contribution in [0.5, 0.6) is 11.5 Å². The predicted octanol–water partition coefficient (Wildman–Crippen LogP) is 2.95. The number of carbonyl (C=O) groups excluding carboxylic acids is 2. The Balaban J connectivity index is 1.86. The van der Waals surface area contributed by atoms with E-state index in [0.29, 0.717) is 30.8 Å². The molecule has 0 bridgehead atoms. The first-order chi connectivity index (χ1) is 14.6. The summed E-state index contributed by atoms with van der Waals surface area (Å²) in [7, 11) is 5.59. The smallest absolute Gasteiger partial charge is 0.258 e. The minimum atomic E-state index is -0.305. The number of likely N-dealkylation sites (N-methyl/N-ethyl adjacent to an activating group) is 2. The van der Waals surface area contributed by atoms with Crippen molar-refractivity contribution in [3.63, 3.8) is 0 Å². The van der Waals surface area contributed by atoms with E-state index < -0.39 is 0 Å². The van der Waals surface area contributed by atoms with Gasteiger partial charge in [0, 0.05) is 50.1 Å². The van der Waals surface area contributed by atoms with Gasteiger partial charge in [-0.3, -0.25) is 9.59 Å². The lowest BCUT2D eigenvalue weighted by molar-refractivity contribution is -0.113. The predicted molar refractivity (Wildman–Crippen MR) is 120 cm³/mol. The van der Waals surface area contributed by atoms with Gasteiger partial charge in [-0.25, -0.2) is 0 Å². The number of hydrogen-bond acceptors (Lipinski definition) is 5. The second-order valence-corrected chi connectivity index (χ2v) is 8.18. The Morgan fingerprint density at radius 2 is 1.77 bits per heavy atom. The molecule has 2 aromatic carbocycles. The minimum absolute atomic E-state index is 0.0407. The number of rotatable bonds is 5. The molecule has 0 radical (unpaired) electrons. The van der Waals surface area contributed by atoms with E-state index in [-0.39, 0.29) is 28.9 Å². The fraction of sp³-hybridized carbons (Fsp3) is 0.333. The molecule has 0 saturated carbocycles. The highest BCUT2D eigenvalue weighted by Crippen LogP contribution is 2.36. The highest BCUT2D eigenvalue weighted by Gasteiger charge is 2.30. The maximum Gasteiger partial charge on any atom is 0.258 e. The Morgan fingerprint density at radius 3 is 2.45 bits per heavy atom. The van der Waals surface area contributed by atoms with Crippen molar-refractivity contribution in [2.45, 2.75) is 26.9 Å². The van der Waals surface area contributed by atoms with Crippen LogP contribution in [-0.2, 0) is 17.9 Å². The molecule has 164 valence electrons. The Bertz CT molecular complexity index is 1060. The number of aromatic hydroxyl groups is 2. The van der Waals surface area contributed by atoms with Gasteiger partial charge in [0.1, 0.15) is 11.5 Å². The third kappa shape index (κ3) is 4.41. The first-order valence-electron chi connectivity index (χ1n) is 10.1. The molecule has 0 aliphatic carbocycles. The number of anilines is 1. The molecule has 7 heteroatoms. The van der Waals surface area contributed by atoms with Crippen LogP contribution in [0.3, 0.4) is 0 Å². The highest BCUT2D eigenvalue weighted by molar-refractivity contribution is 6.02. The van der Waals surface area contributed by atoms with Crippen LogP contribution in [0.1, 0.15) is 32.6 Å². The number of benzene rings is 2. The van der Waals surface area contributed by atoms with Crippen molar-refractivity contribution < 1.29 is 19.8 Å². The topological polar surface area (TPSA) is 84.3 Å². The number of fused-ring (bicyclic) bond motifs is 1. The number of amides is 2. The second kappa shape index (κ2) is 8.81. The van der Waals surface area contributed by atoms with Gasteiger partial charge in [0.2, 0.25) is 5.91 Å². The molecule has 1 aliphatic heterocycles. The van der Waals surface area contributed by atoms with Gasteiger partial charge in [-0.1, -0.05) is 18.2 Å². The zero-order valence-corrected chi connectivity index (χ0v) is 18.6. The van der Waals surface area contributed by atoms with Crippen LogP contribution in [0.25, 0.3) is 0 Å².